The Morgan fingerprint density at radius 2 is 1.92 bits per heavy atom. The van der Waals surface area contributed by atoms with Gasteiger partial charge in [-0.2, -0.15) is 4.98 Å². The lowest BCUT2D eigenvalue weighted by atomic mass is 9.78. The van der Waals surface area contributed by atoms with E-state index in [2.05, 4.69) is 34.3 Å². The van der Waals surface area contributed by atoms with Crippen LogP contribution < -0.4 is 5.32 Å². The molecule has 3 aromatic rings. The van der Waals surface area contributed by atoms with Crippen LogP contribution in [0.3, 0.4) is 0 Å². The molecule has 1 aliphatic rings. The highest BCUT2D eigenvalue weighted by atomic mass is 19.1. The number of hydrogen-bond donors (Lipinski definition) is 1. The van der Waals surface area contributed by atoms with Gasteiger partial charge in [0.2, 0.25) is 0 Å². The van der Waals surface area contributed by atoms with Crippen molar-refractivity contribution in [2.24, 2.45) is 11.8 Å². The van der Waals surface area contributed by atoms with E-state index in [9.17, 15) is 4.39 Å². The molecule has 0 saturated heterocycles. The highest BCUT2D eigenvalue weighted by Gasteiger charge is 2.28. The lowest BCUT2D eigenvalue weighted by molar-refractivity contribution is 0.253. The maximum Gasteiger partial charge on any atom is 0.263 e. The van der Waals surface area contributed by atoms with Gasteiger partial charge in [0, 0.05) is 11.6 Å². The number of hydrogen-bond acceptors (Lipinski definition) is 5. The molecule has 1 fully saturated rings. The molecule has 0 amide bonds. The van der Waals surface area contributed by atoms with Crippen LogP contribution in [-0.4, -0.2) is 21.2 Å². The summed E-state index contributed by atoms with van der Waals surface area (Å²) >= 11 is 0. The molecule has 0 radical (unpaired) electrons. The predicted octanol–water partition coefficient (Wildman–Crippen LogP) is 4.66. The topological polar surface area (TPSA) is 63.8 Å². The maximum absolute atomic E-state index is 13.2. The minimum absolute atomic E-state index is 0.281. The maximum atomic E-state index is 13.2. The van der Waals surface area contributed by atoms with Crippen LogP contribution in [-0.2, 0) is 0 Å². The first kappa shape index (κ1) is 16.0. The van der Waals surface area contributed by atoms with Gasteiger partial charge in [-0.1, -0.05) is 31.8 Å². The number of fused-ring (bicyclic) bond motifs is 1. The molecule has 1 saturated carbocycles. The summed E-state index contributed by atoms with van der Waals surface area (Å²) in [5.41, 5.74) is 1.85. The van der Waals surface area contributed by atoms with Gasteiger partial charge in [0.25, 0.3) is 5.71 Å². The zero-order valence-corrected chi connectivity index (χ0v) is 14.4. The summed E-state index contributed by atoms with van der Waals surface area (Å²) in [5.74, 6) is 1.70. The Labute approximate surface area is 145 Å². The zero-order valence-electron chi connectivity index (χ0n) is 14.4. The fourth-order valence-electron chi connectivity index (χ4n) is 3.66. The van der Waals surface area contributed by atoms with E-state index in [-0.39, 0.29) is 5.82 Å². The smallest absolute Gasteiger partial charge is 0.263 e. The molecule has 3 unspecified atom stereocenters. The minimum atomic E-state index is -0.281. The Morgan fingerprint density at radius 3 is 2.72 bits per heavy atom. The van der Waals surface area contributed by atoms with Crippen molar-refractivity contribution in [1.29, 1.82) is 0 Å². The number of anilines is 1. The van der Waals surface area contributed by atoms with E-state index < -0.39 is 0 Å². The van der Waals surface area contributed by atoms with Crippen molar-refractivity contribution in [3.63, 3.8) is 0 Å². The summed E-state index contributed by atoms with van der Waals surface area (Å²) in [6, 6.07) is 6.57. The van der Waals surface area contributed by atoms with Crippen molar-refractivity contribution < 1.29 is 8.91 Å². The summed E-state index contributed by atoms with van der Waals surface area (Å²) in [6.07, 6.45) is 5.09. The predicted molar refractivity (Wildman–Crippen MR) is 94.6 cm³/mol. The Bertz CT molecular complexity index is 877. The van der Waals surface area contributed by atoms with Gasteiger partial charge in [0.05, 0.1) is 0 Å². The van der Waals surface area contributed by atoms with Crippen LogP contribution in [0.1, 0.15) is 33.1 Å². The van der Waals surface area contributed by atoms with E-state index in [1.165, 1.54) is 31.3 Å². The van der Waals surface area contributed by atoms with Crippen molar-refractivity contribution in [1.82, 2.24) is 15.1 Å². The third-order valence-electron chi connectivity index (χ3n) is 5.42. The normalized spacial score (nSPS) is 23.7. The highest BCUT2D eigenvalue weighted by molar-refractivity contribution is 5.97. The standard InChI is InChI=1S/C19H21FN4O/c1-11-4-3-5-15(12(11)2)23-18-16-17(13-6-8-14(20)9-7-13)24-25-19(16)22-10-21-18/h6-12,15H,3-5H2,1-2H3,(H,21,22,23). The summed E-state index contributed by atoms with van der Waals surface area (Å²) in [4.78, 5) is 8.62. The molecule has 0 spiro atoms. The van der Waals surface area contributed by atoms with E-state index in [1.54, 1.807) is 12.1 Å². The van der Waals surface area contributed by atoms with Crippen molar-refractivity contribution in [2.75, 3.05) is 5.32 Å². The molecule has 6 heteroatoms. The van der Waals surface area contributed by atoms with Gasteiger partial charge >= 0.3 is 0 Å². The zero-order chi connectivity index (χ0) is 17.4. The average Bonchev–Trinajstić information content (AvgIpc) is 3.05. The van der Waals surface area contributed by atoms with Gasteiger partial charge < -0.3 is 9.84 Å². The van der Waals surface area contributed by atoms with Crippen molar-refractivity contribution >= 4 is 16.9 Å². The third kappa shape index (κ3) is 2.97. The first-order valence-corrected chi connectivity index (χ1v) is 8.76. The molecule has 0 aliphatic heterocycles. The number of rotatable bonds is 3. The summed E-state index contributed by atoms with van der Waals surface area (Å²) in [7, 11) is 0. The molecule has 2 heterocycles. The molecule has 5 nitrogen and oxygen atoms in total. The second kappa shape index (κ2) is 6.43. The third-order valence-corrected chi connectivity index (χ3v) is 5.42. The van der Waals surface area contributed by atoms with Crippen molar-refractivity contribution in [2.45, 2.75) is 39.2 Å². The second-order valence-corrected chi connectivity index (χ2v) is 6.96. The van der Waals surface area contributed by atoms with Crippen LogP contribution in [0.15, 0.2) is 35.1 Å². The van der Waals surface area contributed by atoms with Crippen LogP contribution >= 0.6 is 0 Å². The molecule has 4 rings (SSSR count). The van der Waals surface area contributed by atoms with Gasteiger partial charge in [-0.3, -0.25) is 0 Å². The largest absolute Gasteiger partial charge is 0.366 e. The van der Waals surface area contributed by atoms with Crippen molar-refractivity contribution in [3.8, 4) is 11.3 Å². The van der Waals surface area contributed by atoms with E-state index in [1.807, 2.05) is 0 Å². The number of nitrogens with zero attached hydrogens (tertiary/aromatic N) is 3. The molecule has 2 aromatic heterocycles. The number of benzene rings is 1. The van der Waals surface area contributed by atoms with Gasteiger partial charge in [-0.15, -0.1) is 0 Å². The van der Waals surface area contributed by atoms with Gasteiger partial charge in [0.15, 0.2) is 0 Å². The molecule has 0 bridgehead atoms. The number of aromatic nitrogens is 3. The highest BCUT2D eigenvalue weighted by Crippen LogP contribution is 2.35. The molecule has 1 N–H and O–H groups in total. The van der Waals surface area contributed by atoms with Crippen LogP contribution in [0, 0.1) is 17.7 Å². The summed E-state index contributed by atoms with van der Waals surface area (Å²) in [5, 5.41) is 8.48. The average molecular weight is 340 g/mol. The molecular formula is C19H21FN4O. The SMILES string of the molecule is CC1CCCC(Nc2ncnc3onc(-c4ccc(F)cc4)c23)C1C. The van der Waals surface area contributed by atoms with Crippen molar-refractivity contribution in [3.05, 3.63) is 36.4 Å². The van der Waals surface area contributed by atoms with Crippen LogP contribution in [0.4, 0.5) is 10.2 Å². The molecule has 25 heavy (non-hydrogen) atoms. The summed E-state index contributed by atoms with van der Waals surface area (Å²) < 4.78 is 18.6. The molecule has 1 aliphatic carbocycles. The Morgan fingerprint density at radius 1 is 1.12 bits per heavy atom. The van der Waals surface area contributed by atoms with Crippen LogP contribution in [0.5, 0.6) is 0 Å². The van der Waals surface area contributed by atoms with E-state index in [0.29, 0.717) is 29.3 Å². The fraction of sp³-hybridized carbons (Fsp3) is 0.421. The fourth-order valence-corrected chi connectivity index (χ4v) is 3.66. The molecular weight excluding hydrogens is 319 g/mol. The van der Waals surface area contributed by atoms with Gasteiger partial charge in [-0.05, 0) is 42.5 Å². The van der Waals surface area contributed by atoms with E-state index in [4.69, 9.17) is 4.52 Å². The molecule has 130 valence electrons. The van der Waals surface area contributed by atoms with E-state index >= 15 is 0 Å². The monoisotopic (exact) mass is 340 g/mol. The quantitative estimate of drug-likeness (QED) is 0.751. The first-order valence-electron chi connectivity index (χ1n) is 8.76. The summed E-state index contributed by atoms with van der Waals surface area (Å²) in [6.45, 7) is 4.59. The van der Waals surface area contributed by atoms with Crippen LogP contribution in [0.25, 0.3) is 22.4 Å². The Balaban J connectivity index is 1.74. The molecule has 3 atom stereocenters. The second-order valence-electron chi connectivity index (χ2n) is 6.96. The Kier molecular flexibility index (Phi) is 4.11. The Hall–Kier alpha value is -2.50. The number of nitrogens with one attached hydrogen (secondary N) is 1. The molecule has 1 aromatic carbocycles. The lowest BCUT2D eigenvalue weighted by Gasteiger charge is -2.35. The number of halogens is 1. The van der Waals surface area contributed by atoms with Gasteiger partial charge in [-0.25, -0.2) is 9.37 Å². The van der Waals surface area contributed by atoms with E-state index in [0.717, 1.165) is 23.2 Å². The minimum Gasteiger partial charge on any atom is -0.366 e. The first-order chi connectivity index (χ1) is 12.1. The van der Waals surface area contributed by atoms with Crippen LogP contribution in [0.2, 0.25) is 0 Å². The van der Waals surface area contributed by atoms with Gasteiger partial charge in [0.1, 0.15) is 29.0 Å². The lowest BCUT2D eigenvalue weighted by Crippen LogP contribution is -2.35.